The fourth-order valence-electron chi connectivity index (χ4n) is 3.67. The van der Waals surface area contributed by atoms with Crippen molar-refractivity contribution >= 4 is 23.5 Å². The molecule has 160 valence electrons. The van der Waals surface area contributed by atoms with Gasteiger partial charge in [0, 0.05) is 18.1 Å². The van der Waals surface area contributed by atoms with E-state index in [9.17, 15) is 9.59 Å². The Hall–Kier alpha value is -3.06. The molecule has 2 aromatic carbocycles. The van der Waals surface area contributed by atoms with Gasteiger partial charge in [-0.2, -0.15) is 0 Å². The number of amides is 1. The normalized spacial score (nSPS) is 15.5. The van der Waals surface area contributed by atoms with Crippen molar-refractivity contribution in [3.05, 3.63) is 81.1 Å². The predicted octanol–water partition coefficient (Wildman–Crippen LogP) is 4.63. The molecule has 2 heterocycles. The van der Waals surface area contributed by atoms with E-state index in [2.05, 4.69) is 34.3 Å². The van der Waals surface area contributed by atoms with Gasteiger partial charge in [-0.1, -0.05) is 48.2 Å². The van der Waals surface area contributed by atoms with E-state index in [4.69, 9.17) is 4.74 Å². The Morgan fingerprint density at radius 1 is 1.13 bits per heavy atom. The number of nitrogens with one attached hydrogen (secondary N) is 2. The molecule has 1 aliphatic rings. The van der Waals surface area contributed by atoms with E-state index < -0.39 is 0 Å². The summed E-state index contributed by atoms with van der Waals surface area (Å²) in [4.78, 5) is 32.8. The molecule has 4 rings (SSSR count). The summed E-state index contributed by atoms with van der Waals surface area (Å²) in [5, 5.41) is 3.27. The number of carbonyl (C=O) groups excluding carboxylic acids is 1. The minimum Gasteiger partial charge on any atom is -0.491 e. The summed E-state index contributed by atoms with van der Waals surface area (Å²) in [5.74, 6) is 1.30. The number of hydrogen-bond donors (Lipinski definition) is 2. The summed E-state index contributed by atoms with van der Waals surface area (Å²) in [6.45, 7) is 5.99. The molecule has 0 spiro atoms. The lowest BCUT2D eigenvalue weighted by Crippen LogP contribution is -2.31. The Kier molecular flexibility index (Phi) is 6.13. The maximum absolute atomic E-state index is 13.0. The van der Waals surface area contributed by atoms with Crippen LogP contribution in [-0.4, -0.2) is 22.0 Å². The van der Waals surface area contributed by atoms with Crippen LogP contribution in [0.2, 0.25) is 0 Å². The molecule has 0 saturated heterocycles. The van der Waals surface area contributed by atoms with Gasteiger partial charge < -0.3 is 15.0 Å². The quantitative estimate of drug-likeness (QED) is 0.436. The number of rotatable bonds is 6. The Balaban J connectivity index is 1.61. The Labute approximate surface area is 185 Å². The molecule has 2 N–H and O–H groups in total. The minimum absolute atomic E-state index is 0.0784. The Bertz CT molecular complexity index is 1160. The number of benzene rings is 2. The molecule has 6 nitrogen and oxygen atoms in total. The fraction of sp³-hybridized carbons (Fsp3) is 0.292. The Morgan fingerprint density at radius 3 is 2.58 bits per heavy atom. The molecule has 1 atom stereocenters. The highest BCUT2D eigenvalue weighted by Gasteiger charge is 2.31. The molecule has 1 amide bonds. The van der Waals surface area contributed by atoms with Crippen LogP contribution >= 0.6 is 11.8 Å². The number of aromatic nitrogens is 2. The summed E-state index contributed by atoms with van der Waals surface area (Å²) >= 11 is 1.45. The first-order chi connectivity index (χ1) is 14.9. The van der Waals surface area contributed by atoms with Crippen molar-refractivity contribution in [2.45, 2.75) is 50.1 Å². The number of hydrogen-bond acceptors (Lipinski definition) is 5. The molecular weight excluding hydrogens is 410 g/mol. The third-order valence-corrected chi connectivity index (χ3v) is 6.13. The van der Waals surface area contributed by atoms with E-state index in [1.807, 2.05) is 50.2 Å². The lowest BCUT2D eigenvalue weighted by atomic mass is 9.87. The molecule has 7 heteroatoms. The number of aromatic amines is 1. The molecule has 0 saturated carbocycles. The second-order valence-electron chi connectivity index (χ2n) is 7.89. The fourth-order valence-corrected chi connectivity index (χ4v) is 4.61. The first kappa shape index (κ1) is 21.2. The number of fused-ring (bicyclic) bond motifs is 1. The summed E-state index contributed by atoms with van der Waals surface area (Å²) in [6.07, 6.45) is 0.285. The molecule has 0 aliphatic carbocycles. The van der Waals surface area contributed by atoms with Gasteiger partial charge in [0.05, 0.1) is 11.7 Å². The minimum atomic E-state index is -0.344. The zero-order valence-corrected chi connectivity index (χ0v) is 18.6. The highest BCUT2D eigenvalue weighted by molar-refractivity contribution is 7.98. The summed E-state index contributed by atoms with van der Waals surface area (Å²) in [7, 11) is 0. The van der Waals surface area contributed by atoms with Gasteiger partial charge in [-0.15, -0.1) is 0 Å². The van der Waals surface area contributed by atoms with Crippen molar-refractivity contribution in [3.8, 4) is 5.75 Å². The monoisotopic (exact) mass is 435 g/mol. The maximum atomic E-state index is 13.0. The van der Waals surface area contributed by atoms with Crippen LogP contribution in [0.1, 0.15) is 48.4 Å². The SMILES string of the molecule is Cc1ccccc1CSc1nc2c(c(=O)[nH]1)C(c1ccc(OC(C)C)cc1)CC(=O)N2. The van der Waals surface area contributed by atoms with Crippen LogP contribution in [0.5, 0.6) is 5.75 Å². The van der Waals surface area contributed by atoms with Gasteiger partial charge in [-0.25, -0.2) is 4.98 Å². The van der Waals surface area contributed by atoms with E-state index in [1.165, 1.54) is 22.9 Å². The highest BCUT2D eigenvalue weighted by atomic mass is 32.2. The van der Waals surface area contributed by atoms with E-state index >= 15 is 0 Å². The van der Waals surface area contributed by atoms with Crippen LogP contribution in [0.4, 0.5) is 5.82 Å². The lowest BCUT2D eigenvalue weighted by Gasteiger charge is -2.24. The number of aryl methyl sites for hydroxylation is 1. The van der Waals surface area contributed by atoms with E-state index in [1.54, 1.807) is 0 Å². The van der Waals surface area contributed by atoms with Gasteiger partial charge in [-0.3, -0.25) is 9.59 Å². The van der Waals surface area contributed by atoms with Crippen molar-refractivity contribution in [2.24, 2.45) is 0 Å². The second kappa shape index (κ2) is 8.98. The van der Waals surface area contributed by atoms with E-state index in [0.29, 0.717) is 22.3 Å². The van der Waals surface area contributed by atoms with Crippen LogP contribution in [0.25, 0.3) is 0 Å². The molecule has 31 heavy (non-hydrogen) atoms. The average Bonchev–Trinajstić information content (AvgIpc) is 2.72. The molecular formula is C24H25N3O3S. The zero-order chi connectivity index (χ0) is 22.0. The van der Waals surface area contributed by atoms with Crippen molar-refractivity contribution in [1.82, 2.24) is 9.97 Å². The van der Waals surface area contributed by atoms with Crippen molar-refractivity contribution in [2.75, 3.05) is 5.32 Å². The van der Waals surface area contributed by atoms with Crippen molar-refractivity contribution in [1.29, 1.82) is 0 Å². The maximum Gasteiger partial charge on any atom is 0.257 e. The van der Waals surface area contributed by atoms with Crippen LogP contribution in [0.15, 0.2) is 58.5 Å². The molecule has 3 aromatic rings. The molecule has 0 radical (unpaired) electrons. The molecule has 0 bridgehead atoms. The molecule has 1 unspecified atom stereocenters. The van der Waals surface area contributed by atoms with Crippen LogP contribution in [0.3, 0.4) is 0 Å². The lowest BCUT2D eigenvalue weighted by molar-refractivity contribution is -0.116. The van der Waals surface area contributed by atoms with Gasteiger partial charge in [0.1, 0.15) is 11.6 Å². The van der Waals surface area contributed by atoms with E-state index in [-0.39, 0.29) is 29.9 Å². The standard InChI is InChI=1S/C24H25N3O3S/c1-14(2)30-18-10-8-16(9-11-18)19-12-20(28)25-22-21(19)23(29)27-24(26-22)31-13-17-7-5-4-6-15(17)3/h4-11,14,19H,12-13H2,1-3H3,(H2,25,26,27,28,29). The zero-order valence-electron chi connectivity index (χ0n) is 17.8. The number of carbonyl (C=O) groups is 1. The van der Waals surface area contributed by atoms with Gasteiger partial charge in [0.2, 0.25) is 5.91 Å². The third-order valence-electron chi connectivity index (χ3n) is 5.21. The van der Waals surface area contributed by atoms with Crippen LogP contribution in [0, 0.1) is 6.92 Å². The highest BCUT2D eigenvalue weighted by Crippen LogP contribution is 2.35. The van der Waals surface area contributed by atoms with E-state index in [0.717, 1.165) is 11.3 Å². The third kappa shape index (κ3) is 4.82. The van der Waals surface area contributed by atoms with Crippen LogP contribution in [-0.2, 0) is 10.5 Å². The molecule has 1 aliphatic heterocycles. The van der Waals surface area contributed by atoms with Crippen LogP contribution < -0.4 is 15.6 Å². The number of H-pyrrole nitrogens is 1. The second-order valence-corrected chi connectivity index (χ2v) is 8.85. The number of ether oxygens (including phenoxy) is 1. The first-order valence-corrected chi connectivity index (χ1v) is 11.3. The number of anilines is 1. The topological polar surface area (TPSA) is 84.1 Å². The van der Waals surface area contributed by atoms with Crippen molar-refractivity contribution in [3.63, 3.8) is 0 Å². The van der Waals surface area contributed by atoms with Crippen molar-refractivity contribution < 1.29 is 9.53 Å². The summed E-state index contributed by atoms with van der Waals surface area (Å²) in [5.41, 5.74) is 3.54. The Morgan fingerprint density at radius 2 is 1.87 bits per heavy atom. The van der Waals surface area contributed by atoms with Gasteiger partial charge >= 0.3 is 0 Å². The number of nitrogens with zero attached hydrogens (tertiary/aromatic N) is 1. The first-order valence-electron chi connectivity index (χ1n) is 10.3. The van der Waals surface area contributed by atoms with Gasteiger partial charge in [0.25, 0.3) is 5.56 Å². The molecule has 0 fully saturated rings. The summed E-state index contributed by atoms with van der Waals surface area (Å²) < 4.78 is 5.70. The summed E-state index contributed by atoms with van der Waals surface area (Å²) in [6, 6.07) is 15.7. The average molecular weight is 436 g/mol. The predicted molar refractivity (Wildman–Crippen MR) is 123 cm³/mol. The largest absolute Gasteiger partial charge is 0.491 e. The smallest absolute Gasteiger partial charge is 0.257 e. The van der Waals surface area contributed by atoms with Gasteiger partial charge in [0.15, 0.2) is 5.16 Å². The molecule has 1 aromatic heterocycles. The van der Waals surface area contributed by atoms with Gasteiger partial charge in [-0.05, 0) is 49.6 Å². The number of thioether (sulfide) groups is 1.